The van der Waals surface area contributed by atoms with Crippen LogP contribution in [0.1, 0.15) is 12.0 Å². The zero-order valence-corrected chi connectivity index (χ0v) is 17.6. The molecular weight excluding hydrogens is 409 g/mol. The van der Waals surface area contributed by atoms with Crippen molar-refractivity contribution >= 4 is 16.9 Å². The number of fused-ring (bicyclic) bond motifs is 3. The van der Waals surface area contributed by atoms with Gasteiger partial charge in [0, 0.05) is 72.9 Å². The maximum atomic E-state index is 14.4. The van der Waals surface area contributed by atoms with Crippen molar-refractivity contribution in [3.63, 3.8) is 0 Å². The molecule has 9 heteroatoms. The number of hydrogen-bond acceptors (Lipinski definition) is 7. The highest BCUT2D eigenvalue weighted by atomic mass is 19.1. The number of anilines is 1. The van der Waals surface area contributed by atoms with Crippen molar-refractivity contribution in [1.29, 1.82) is 0 Å². The Hall–Kier alpha value is -3.59. The lowest BCUT2D eigenvalue weighted by Gasteiger charge is -2.56. The lowest BCUT2D eigenvalue weighted by Crippen LogP contribution is -2.68. The molecule has 0 aromatic carbocycles. The van der Waals surface area contributed by atoms with Crippen molar-refractivity contribution in [3.8, 4) is 17.1 Å². The van der Waals surface area contributed by atoms with E-state index in [2.05, 4.69) is 41.9 Å². The number of H-pyrrole nitrogens is 1. The van der Waals surface area contributed by atoms with Crippen LogP contribution in [0.15, 0.2) is 49.2 Å². The Labute approximate surface area is 184 Å². The van der Waals surface area contributed by atoms with Gasteiger partial charge in [-0.25, -0.2) is 24.3 Å². The van der Waals surface area contributed by atoms with Crippen molar-refractivity contribution in [2.24, 2.45) is 0 Å². The van der Waals surface area contributed by atoms with Gasteiger partial charge in [-0.3, -0.25) is 4.90 Å². The molecular formula is C23H22FN7O. The van der Waals surface area contributed by atoms with Crippen molar-refractivity contribution in [3.05, 3.63) is 60.6 Å². The van der Waals surface area contributed by atoms with Gasteiger partial charge in [0.05, 0.1) is 12.8 Å². The third-order valence-corrected chi connectivity index (χ3v) is 6.51. The summed E-state index contributed by atoms with van der Waals surface area (Å²) in [6.45, 7) is 2.33. The van der Waals surface area contributed by atoms with Gasteiger partial charge < -0.3 is 14.6 Å². The van der Waals surface area contributed by atoms with E-state index >= 15 is 0 Å². The first-order valence-corrected chi connectivity index (χ1v) is 10.6. The van der Waals surface area contributed by atoms with Crippen LogP contribution in [-0.4, -0.2) is 62.1 Å². The smallest absolute Gasteiger partial charge is 0.215 e. The maximum absolute atomic E-state index is 14.4. The molecule has 0 radical (unpaired) electrons. The zero-order chi connectivity index (χ0) is 21.7. The fourth-order valence-corrected chi connectivity index (χ4v) is 4.81. The first kappa shape index (κ1) is 19.1. The third-order valence-electron chi connectivity index (χ3n) is 6.51. The molecule has 3 fully saturated rings. The minimum atomic E-state index is -0.266. The summed E-state index contributed by atoms with van der Waals surface area (Å²) in [6, 6.07) is 8.22. The van der Waals surface area contributed by atoms with Crippen molar-refractivity contribution < 1.29 is 9.13 Å². The Bertz CT molecular complexity index is 1260. The lowest BCUT2D eigenvalue weighted by molar-refractivity contribution is -0.00956. The van der Waals surface area contributed by atoms with E-state index in [4.69, 9.17) is 9.72 Å². The predicted octanol–water partition coefficient (Wildman–Crippen LogP) is 3.03. The molecule has 3 aliphatic heterocycles. The molecule has 2 unspecified atom stereocenters. The number of aromatic amines is 1. The van der Waals surface area contributed by atoms with Crippen LogP contribution in [0.2, 0.25) is 0 Å². The van der Waals surface area contributed by atoms with Crippen LogP contribution >= 0.6 is 0 Å². The molecule has 3 aliphatic rings. The van der Waals surface area contributed by atoms with Gasteiger partial charge in [0.25, 0.3) is 0 Å². The number of nitrogens with one attached hydrogen (secondary N) is 1. The largest absolute Gasteiger partial charge is 0.481 e. The number of pyridine rings is 2. The zero-order valence-electron chi connectivity index (χ0n) is 17.6. The summed E-state index contributed by atoms with van der Waals surface area (Å²) in [5, 5.41) is 0.983. The molecule has 4 aromatic heterocycles. The molecule has 0 aliphatic carbocycles. The second-order valence-corrected chi connectivity index (χ2v) is 8.31. The molecule has 1 N–H and O–H groups in total. The normalized spacial score (nSPS) is 20.4. The van der Waals surface area contributed by atoms with Crippen molar-refractivity contribution in [2.45, 2.75) is 25.0 Å². The van der Waals surface area contributed by atoms with Crippen LogP contribution < -0.4 is 9.64 Å². The Morgan fingerprint density at radius 3 is 2.72 bits per heavy atom. The number of aromatic nitrogens is 5. The number of piperazine rings is 1. The van der Waals surface area contributed by atoms with E-state index in [1.165, 1.54) is 13.2 Å². The molecule has 0 spiro atoms. The van der Waals surface area contributed by atoms with Gasteiger partial charge in [-0.05, 0) is 24.6 Å². The first-order chi connectivity index (χ1) is 15.7. The fraction of sp³-hybridized carbons (Fsp3) is 0.304. The molecule has 3 saturated heterocycles. The van der Waals surface area contributed by atoms with Crippen LogP contribution in [-0.2, 0) is 6.54 Å². The number of methoxy groups -OCH3 is 1. The van der Waals surface area contributed by atoms with Crippen LogP contribution in [0.5, 0.6) is 5.88 Å². The minimum Gasteiger partial charge on any atom is -0.481 e. The second kappa shape index (κ2) is 7.52. The summed E-state index contributed by atoms with van der Waals surface area (Å²) in [4.78, 5) is 25.4. The van der Waals surface area contributed by atoms with Gasteiger partial charge in [-0.1, -0.05) is 0 Å². The third kappa shape index (κ3) is 3.16. The highest BCUT2D eigenvalue weighted by Crippen LogP contribution is 2.36. The molecule has 32 heavy (non-hydrogen) atoms. The average Bonchev–Trinajstić information content (AvgIpc) is 3.32. The summed E-state index contributed by atoms with van der Waals surface area (Å²) >= 11 is 0. The lowest BCUT2D eigenvalue weighted by atomic mass is 9.87. The topological polar surface area (TPSA) is 83.1 Å². The standard InChI is InChI=1S/C23H22FN7O/c1-32-21-7-19(24)15(9-27-21)10-31-16-6-17(31)12-30(11-16)20-3-2-14(8-26-20)22-18-4-5-25-23(18)29-13-28-22/h2-5,7-9,13,16-17H,6,10-12H2,1H3,(H,25,28,29). The first-order valence-electron chi connectivity index (χ1n) is 10.6. The van der Waals surface area contributed by atoms with Crippen LogP contribution in [0.25, 0.3) is 22.3 Å². The molecule has 0 saturated carbocycles. The average molecular weight is 431 g/mol. The Balaban J connectivity index is 1.15. The summed E-state index contributed by atoms with van der Waals surface area (Å²) in [5.74, 6) is 0.993. The number of nitrogens with zero attached hydrogens (tertiary/aromatic N) is 6. The van der Waals surface area contributed by atoms with Crippen LogP contribution in [0, 0.1) is 5.82 Å². The quantitative estimate of drug-likeness (QED) is 0.520. The molecule has 7 heterocycles. The van der Waals surface area contributed by atoms with E-state index in [-0.39, 0.29) is 5.82 Å². The summed E-state index contributed by atoms with van der Waals surface area (Å²) in [6.07, 6.45) is 8.02. The van der Waals surface area contributed by atoms with Gasteiger partial charge in [-0.15, -0.1) is 0 Å². The monoisotopic (exact) mass is 431 g/mol. The molecule has 2 bridgehead atoms. The highest BCUT2D eigenvalue weighted by Gasteiger charge is 2.44. The van der Waals surface area contributed by atoms with Crippen LogP contribution in [0.4, 0.5) is 10.2 Å². The van der Waals surface area contributed by atoms with Gasteiger partial charge in [0.2, 0.25) is 5.88 Å². The number of hydrogen-bond donors (Lipinski definition) is 1. The number of rotatable bonds is 5. The maximum Gasteiger partial charge on any atom is 0.215 e. The molecule has 4 aromatic rings. The molecule has 7 rings (SSSR count). The predicted molar refractivity (Wildman–Crippen MR) is 118 cm³/mol. The van der Waals surface area contributed by atoms with Gasteiger partial charge in [0.15, 0.2) is 0 Å². The van der Waals surface area contributed by atoms with Crippen LogP contribution in [0.3, 0.4) is 0 Å². The molecule has 8 nitrogen and oxygen atoms in total. The van der Waals surface area contributed by atoms with E-state index in [9.17, 15) is 4.39 Å². The Kier molecular flexibility index (Phi) is 4.50. The number of ether oxygens (including phenoxy) is 1. The SMILES string of the molecule is COc1cc(F)c(CN2C3CC2CN(c2ccc(-c4ncnc5[nH]ccc45)cn2)C3)cn1. The molecule has 0 amide bonds. The van der Waals surface area contributed by atoms with Gasteiger partial charge in [0.1, 0.15) is 23.6 Å². The Morgan fingerprint density at radius 1 is 1.09 bits per heavy atom. The van der Waals surface area contributed by atoms with E-state index in [0.29, 0.717) is 30.1 Å². The van der Waals surface area contributed by atoms with Crippen molar-refractivity contribution in [2.75, 3.05) is 25.1 Å². The number of piperidine rings is 1. The highest BCUT2D eigenvalue weighted by molar-refractivity contribution is 5.90. The van der Waals surface area contributed by atoms with E-state index < -0.39 is 0 Å². The molecule has 2 atom stereocenters. The van der Waals surface area contributed by atoms with Gasteiger partial charge in [-0.2, -0.15) is 0 Å². The van der Waals surface area contributed by atoms with Gasteiger partial charge >= 0.3 is 0 Å². The summed E-state index contributed by atoms with van der Waals surface area (Å²) in [7, 11) is 1.49. The summed E-state index contributed by atoms with van der Waals surface area (Å²) in [5.41, 5.74) is 3.27. The van der Waals surface area contributed by atoms with E-state index in [0.717, 1.165) is 47.6 Å². The minimum absolute atomic E-state index is 0.266. The van der Waals surface area contributed by atoms with E-state index in [1.807, 2.05) is 18.5 Å². The Morgan fingerprint density at radius 2 is 1.97 bits per heavy atom. The fourth-order valence-electron chi connectivity index (χ4n) is 4.81. The summed E-state index contributed by atoms with van der Waals surface area (Å²) < 4.78 is 19.4. The van der Waals surface area contributed by atoms with E-state index in [1.54, 1.807) is 12.5 Å². The number of halogens is 1. The second-order valence-electron chi connectivity index (χ2n) is 8.31. The van der Waals surface area contributed by atoms with Crippen molar-refractivity contribution in [1.82, 2.24) is 29.8 Å². The molecule has 162 valence electrons.